The van der Waals surface area contributed by atoms with E-state index in [1.165, 1.54) is 6.92 Å². The second-order valence-corrected chi connectivity index (χ2v) is 12.0. The van der Waals surface area contributed by atoms with E-state index in [2.05, 4.69) is 77.7 Å². The van der Waals surface area contributed by atoms with Crippen LogP contribution < -0.4 is 0 Å². The van der Waals surface area contributed by atoms with Crippen molar-refractivity contribution in [2.75, 3.05) is 33.7 Å². The van der Waals surface area contributed by atoms with Crippen LogP contribution in [-0.4, -0.2) is 89.2 Å². The van der Waals surface area contributed by atoms with E-state index >= 15 is 0 Å². The fraction of sp³-hybridized carbons (Fsp3) is 0.400. The number of rotatable bonds is 9. The van der Waals surface area contributed by atoms with Gasteiger partial charge in [0, 0.05) is 33.7 Å². The molecule has 0 bridgehead atoms. The van der Waals surface area contributed by atoms with Crippen molar-refractivity contribution < 1.29 is 14.4 Å². The van der Waals surface area contributed by atoms with Gasteiger partial charge < -0.3 is 14.7 Å². The van der Waals surface area contributed by atoms with Crippen LogP contribution in [-0.2, 0) is 15.1 Å². The summed E-state index contributed by atoms with van der Waals surface area (Å²) in [5.41, 5.74) is 2.75. The van der Waals surface area contributed by atoms with Crippen molar-refractivity contribution in [3.8, 4) is 0 Å². The zero-order valence-corrected chi connectivity index (χ0v) is 25.3. The standard InChI is InChI=1S/C35H42N4O3/c1-25(2)32(26(3)40)37(5)34(42)36(4)30-21-22-38(23-30)33(41)31-24-39(31)35(27-15-9-6-10-16-27,28-17-11-7-12-18-28)29-19-13-8-14-20-29/h6-20,25,30-32H,21-24H2,1-5H3/t30-,31+,32-,39?/m0/s1. The summed E-state index contributed by atoms with van der Waals surface area (Å²) in [7, 11) is 3.48. The third-order valence-electron chi connectivity index (χ3n) is 8.99. The van der Waals surface area contributed by atoms with Gasteiger partial charge in [-0.1, -0.05) is 105 Å². The minimum atomic E-state index is -0.614. The molecule has 2 fully saturated rings. The molecule has 42 heavy (non-hydrogen) atoms. The SMILES string of the molecule is CC(=O)[C@H](C(C)C)N(C)C(=O)N(C)[C@H]1CCN(C(=O)[C@H]2CN2C(c2ccccc2)(c2ccccc2)c2ccccc2)C1. The van der Waals surface area contributed by atoms with Crippen molar-refractivity contribution in [2.24, 2.45) is 5.92 Å². The van der Waals surface area contributed by atoms with Crippen LogP contribution in [0.15, 0.2) is 91.0 Å². The number of hydrogen-bond donors (Lipinski definition) is 0. The first-order valence-electron chi connectivity index (χ1n) is 14.9. The Morgan fingerprint density at radius 2 is 1.26 bits per heavy atom. The van der Waals surface area contributed by atoms with Crippen molar-refractivity contribution in [3.05, 3.63) is 108 Å². The van der Waals surface area contributed by atoms with E-state index in [0.717, 1.165) is 16.7 Å². The number of hydrogen-bond acceptors (Lipinski definition) is 4. The molecule has 7 nitrogen and oxygen atoms in total. The van der Waals surface area contributed by atoms with E-state index in [9.17, 15) is 14.4 Å². The summed E-state index contributed by atoms with van der Waals surface area (Å²) in [5, 5.41) is 0. The summed E-state index contributed by atoms with van der Waals surface area (Å²) in [6, 6.07) is 30.3. The van der Waals surface area contributed by atoms with Gasteiger partial charge in [0.15, 0.2) is 5.78 Å². The van der Waals surface area contributed by atoms with Crippen LogP contribution >= 0.6 is 0 Å². The topological polar surface area (TPSA) is 63.9 Å². The lowest BCUT2D eigenvalue weighted by atomic mass is 9.76. The Labute approximate surface area is 249 Å². The van der Waals surface area contributed by atoms with E-state index in [1.807, 2.05) is 36.9 Å². The first kappa shape index (κ1) is 29.5. The molecule has 0 radical (unpaired) electrons. The Balaban J connectivity index is 1.38. The van der Waals surface area contributed by atoms with Gasteiger partial charge in [0.05, 0.1) is 17.6 Å². The Morgan fingerprint density at radius 3 is 1.69 bits per heavy atom. The predicted octanol–water partition coefficient (Wildman–Crippen LogP) is 4.86. The largest absolute Gasteiger partial charge is 0.339 e. The van der Waals surface area contributed by atoms with Crippen molar-refractivity contribution in [1.29, 1.82) is 0 Å². The number of carbonyl (C=O) groups excluding carboxylic acids is 3. The molecule has 2 aliphatic rings. The van der Waals surface area contributed by atoms with Gasteiger partial charge in [0.1, 0.15) is 6.04 Å². The lowest BCUT2D eigenvalue weighted by molar-refractivity contribution is -0.130. The van der Waals surface area contributed by atoms with Gasteiger partial charge in [-0.3, -0.25) is 14.5 Å². The highest BCUT2D eigenvalue weighted by molar-refractivity contribution is 5.88. The van der Waals surface area contributed by atoms with Crippen molar-refractivity contribution in [1.82, 2.24) is 19.6 Å². The van der Waals surface area contributed by atoms with Crippen LogP contribution in [0.1, 0.15) is 43.9 Å². The molecule has 0 spiro atoms. The maximum absolute atomic E-state index is 14.0. The number of likely N-dealkylation sites (tertiary alicyclic amines) is 1. The van der Waals surface area contributed by atoms with Gasteiger partial charge >= 0.3 is 6.03 Å². The number of nitrogens with zero attached hydrogens (tertiary/aromatic N) is 4. The molecule has 3 aromatic carbocycles. The third-order valence-corrected chi connectivity index (χ3v) is 8.99. The van der Waals surface area contributed by atoms with E-state index in [-0.39, 0.29) is 35.7 Å². The molecule has 3 aromatic rings. The highest BCUT2D eigenvalue weighted by Gasteiger charge is 2.57. The second-order valence-electron chi connectivity index (χ2n) is 12.0. The Morgan fingerprint density at radius 1 is 0.786 bits per heavy atom. The summed E-state index contributed by atoms with van der Waals surface area (Å²) < 4.78 is 0. The summed E-state index contributed by atoms with van der Waals surface area (Å²) >= 11 is 0. The fourth-order valence-electron chi connectivity index (χ4n) is 6.94. The highest BCUT2D eigenvalue weighted by Crippen LogP contribution is 2.48. The van der Waals surface area contributed by atoms with E-state index in [1.54, 1.807) is 23.9 Å². The second kappa shape index (κ2) is 12.1. The summed E-state index contributed by atoms with van der Waals surface area (Å²) in [6.07, 6.45) is 0.710. The van der Waals surface area contributed by atoms with Gasteiger partial charge in [-0.25, -0.2) is 4.79 Å². The smallest absolute Gasteiger partial charge is 0.320 e. The molecule has 2 saturated heterocycles. The first-order valence-corrected chi connectivity index (χ1v) is 14.9. The number of Topliss-reactive ketones (excluding diaryl/α,β-unsaturated/α-hetero) is 1. The minimum absolute atomic E-state index is 0.0199. The van der Waals surface area contributed by atoms with Crippen LogP contribution in [0.25, 0.3) is 0 Å². The highest BCUT2D eigenvalue weighted by atomic mass is 16.2. The molecule has 7 heteroatoms. The molecule has 2 heterocycles. The number of likely N-dealkylation sites (N-methyl/N-ethyl adjacent to an activating group) is 2. The molecule has 0 aromatic heterocycles. The quantitative estimate of drug-likeness (QED) is 0.274. The van der Waals surface area contributed by atoms with Gasteiger partial charge in [0.2, 0.25) is 5.91 Å². The lowest BCUT2D eigenvalue weighted by Crippen LogP contribution is -2.52. The Kier molecular flexibility index (Phi) is 8.50. The molecule has 5 rings (SSSR count). The summed E-state index contributed by atoms with van der Waals surface area (Å²) in [4.78, 5) is 47.1. The summed E-state index contributed by atoms with van der Waals surface area (Å²) in [5.74, 6) is 0.0964. The molecule has 2 aliphatic heterocycles. The molecule has 4 atom stereocenters. The van der Waals surface area contributed by atoms with Crippen molar-refractivity contribution >= 4 is 17.7 Å². The zero-order chi connectivity index (χ0) is 30.0. The zero-order valence-electron chi connectivity index (χ0n) is 25.3. The first-order chi connectivity index (χ1) is 20.2. The molecule has 220 valence electrons. The van der Waals surface area contributed by atoms with Crippen LogP contribution in [0.4, 0.5) is 4.79 Å². The van der Waals surface area contributed by atoms with E-state index < -0.39 is 11.6 Å². The van der Waals surface area contributed by atoms with Crippen LogP contribution in [0, 0.1) is 5.92 Å². The van der Waals surface area contributed by atoms with E-state index in [0.29, 0.717) is 26.1 Å². The van der Waals surface area contributed by atoms with Crippen LogP contribution in [0.5, 0.6) is 0 Å². The number of urea groups is 1. The maximum atomic E-state index is 14.0. The number of carbonyl (C=O) groups is 3. The van der Waals surface area contributed by atoms with Crippen LogP contribution in [0.3, 0.4) is 0 Å². The molecule has 0 aliphatic carbocycles. The van der Waals surface area contributed by atoms with Crippen molar-refractivity contribution in [2.45, 2.75) is 50.9 Å². The number of ketones is 1. The van der Waals surface area contributed by atoms with Gasteiger partial charge in [-0.15, -0.1) is 0 Å². The average molecular weight is 567 g/mol. The van der Waals surface area contributed by atoms with Gasteiger partial charge in [-0.05, 0) is 36.0 Å². The lowest BCUT2D eigenvalue weighted by Gasteiger charge is -2.38. The van der Waals surface area contributed by atoms with Gasteiger partial charge in [-0.2, -0.15) is 0 Å². The normalized spacial score (nSPS) is 20.7. The average Bonchev–Trinajstić information content (AvgIpc) is 3.64. The van der Waals surface area contributed by atoms with Gasteiger partial charge in [0.25, 0.3) is 0 Å². The Bertz CT molecular complexity index is 1300. The minimum Gasteiger partial charge on any atom is -0.339 e. The molecule has 0 saturated carbocycles. The van der Waals surface area contributed by atoms with Crippen molar-refractivity contribution in [3.63, 3.8) is 0 Å². The third kappa shape index (κ3) is 5.34. The molecule has 0 N–H and O–H groups in total. The van der Waals surface area contributed by atoms with E-state index in [4.69, 9.17) is 0 Å². The Hall–Kier alpha value is -3.97. The molecule has 1 unspecified atom stereocenters. The maximum Gasteiger partial charge on any atom is 0.320 e. The number of amides is 3. The molecular formula is C35H42N4O3. The molecular weight excluding hydrogens is 524 g/mol. The van der Waals surface area contributed by atoms with Crippen LogP contribution in [0.2, 0.25) is 0 Å². The fourth-order valence-corrected chi connectivity index (χ4v) is 6.94. The molecule has 3 amide bonds. The monoisotopic (exact) mass is 566 g/mol. The number of benzene rings is 3. The summed E-state index contributed by atoms with van der Waals surface area (Å²) in [6.45, 7) is 7.17. The predicted molar refractivity (Wildman–Crippen MR) is 165 cm³/mol.